The number of aliphatic carboxylic acids is 1. The molecule has 0 amide bonds. The van der Waals surface area contributed by atoms with Crippen LogP contribution in [-0.2, 0) is 4.79 Å². The normalized spacial score (nSPS) is 20.1. The van der Waals surface area contributed by atoms with E-state index in [4.69, 9.17) is 5.11 Å². The molecule has 0 bridgehead atoms. The van der Waals surface area contributed by atoms with Gasteiger partial charge in [-0.15, -0.1) is 0 Å². The van der Waals surface area contributed by atoms with Crippen molar-refractivity contribution >= 4 is 5.97 Å². The highest BCUT2D eigenvalue weighted by Crippen LogP contribution is 2.19. The van der Waals surface area contributed by atoms with E-state index >= 15 is 0 Å². The highest BCUT2D eigenvalue weighted by molar-refractivity contribution is 5.91. The molecule has 0 aromatic heterocycles. The third-order valence-electron chi connectivity index (χ3n) is 1.74. The number of allylic oxidation sites excluding steroid dienone is 3. The third kappa shape index (κ3) is 3.28. The van der Waals surface area contributed by atoms with E-state index in [1.54, 1.807) is 12.2 Å². The molecule has 1 aliphatic rings. The van der Waals surface area contributed by atoms with Crippen LogP contribution in [0.15, 0.2) is 36.0 Å². The van der Waals surface area contributed by atoms with Gasteiger partial charge in [0.05, 0.1) is 5.57 Å². The minimum Gasteiger partial charge on any atom is -0.478 e. The van der Waals surface area contributed by atoms with E-state index in [1.165, 1.54) is 0 Å². The molecule has 1 N–H and O–H groups in total. The molecule has 13 heavy (non-hydrogen) atoms. The molecule has 1 aliphatic carbocycles. The van der Waals surface area contributed by atoms with E-state index in [2.05, 4.69) is 6.58 Å². The monoisotopic (exact) mass is 180 g/mol. The first kappa shape index (κ1) is 11.7. The molecule has 2 nitrogen and oxygen atoms in total. The fraction of sp³-hybridized carbons (Fsp3) is 0.364. The van der Waals surface area contributed by atoms with Crippen molar-refractivity contribution in [3.8, 4) is 0 Å². The van der Waals surface area contributed by atoms with Gasteiger partial charge >= 0.3 is 5.97 Å². The Morgan fingerprint density at radius 3 is 2.46 bits per heavy atom. The summed E-state index contributed by atoms with van der Waals surface area (Å²) in [5.41, 5.74) is 1.16. The summed E-state index contributed by atoms with van der Waals surface area (Å²) in [6.07, 6.45) is 5.06. The first-order valence-electron chi connectivity index (χ1n) is 4.43. The summed E-state index contributed by atoms with van der Waals surface area (Å²) in [4.78, 5) is 10.4. The molecule has 0 aromatic carbocycles. The van der Waals surface area contributed by atoms with Crippen molar-refractivity contribution in [3.63, 3.8) is 0 Å². The van der Waals surface area contributed by atoms with Crippen LogP contribution in [0.25, 0.3) is 0 Å². The molecule has 0 radical (unpaired) electrons. The Kier molecular flexibility index (Phi) is 4.82. The number of hydrogen-bond donors (Lipinski definition) is 1. The Balaban J connectivity index is 0.000000671. The van der Waals surface area contributed by atoms with Crippen LogP contribution in [-0.4, -0.2) is 11.1 Å². The van der Waals surface area contributed by atoms with E-state index in [9.17, 15) is 4.79 Å². The topological polar surface area (TPSA) is 37.3 Å². The second-order valence-corrected chi connectivity index (χ2v) is 2.63. The molecule has 0 saturated heterocycles. The average molecular weight is 180 g/mol. The van der Waals surface area contributed by atoms with Crippen LogP contribution in [0.1, 0.15) is 20.8 Å². The van der Waals surface area contributed by atoms with Gasteiger partial charge in [-0.3, -0.25) is 0 Å². The highest BCUT2D eigenvalue weighted by atomic mass is 16.4. The van der Waals surface area contributed by atoms with Gasteiger partial charge in [-0.1, -0.05) is 39.5 Å². The molecule has 0 saturated carbocycles. The number of rotatable bonds is 1. The molecule has 0 spiro atoms. The summed E-state index contributed by atoms with van der Waals surface area (Å²) >= 11 is 0. The Labute approximate surface area is 79.3 Å². The van der Waals surface area contributed by atoms with Crippen LogP contribution in [0.4, 0.5) is 0 Å². The summed E-state index contributed by atoms with van der Waals surface area (Å²) in [6.45, 7) is 9.72. The van der Waals surface area contributed by atoms with Gasteiger partial charge in [0.2, 0.25) is 0 Å². The van der Waals surface area contributed by atoms with Crippen molar-refractivity contribution < 1.29 is 9.90 Å². The molecule has 1 rings (SSSR count). The summed E-state index contributed by atoms with van der Waals surface area (Å²) < 4.78 is 0. The van der Waals surface area contributed by atoms with Crippen molar-refractivity contribution in [2.24, 2.45) is 5.92 Å². The minimum atomic E-state index is -0.894. The maximum absolute atomic E-state index is 10.4. The van der Waals surface area contributed by atoms with Gasteiger partial charge in [0, 0.05) is 0 Å². The average Bonchev–Trinajstić information content (AvgIpc) is 2.13. The summed E-state index contributed by atoms with van der Waals surface area (Å²) in [7, 11) is 0. The Morgan fingerprint density at radius 2 is 2.08 bits per heavy atom. The van der Waals surface area contributed by atoms with Crippen LogP contribution < -0.4 is 0 Å². The van der Waals surface area contributed by atoms with Crippen molar-refractivity contribution in [1.82, 2.24) is 0 Å². The van der Waals surface area contributed by atoms with Crippen molar-refractivity contribution in [2.45, 2.75) is 20.8 Å². The lowest BCUT2D eigenvalue weighted by Gasteiger charge is -2.11. The van der Waals surface area contributed by atoms with E-state index in [0.717, 1.165) is 5.57 Å². The van der Waals surface area contributed by atoms with E-state index in [1.807, 2.05) is 26.8 Å². The lowest BCUT2D eigenvalue weighted by atomic mass is 9.94. The SMILES string of the molecule is C=C1C=C(C(=O)O)C=CC1C.CC. The predicted molar refractivity (Wildman–Crippen MR) is 54.5 cm³/mol. The molecule has 0 fully saturated rings. The first-order valence-corrected chi connectivity index (χ1v) is 4.43. The standard InChI is InChI=1S/C9H10O2.C2H6/c1-6-3-4-8(9(10)11)5-7(6)2;1-2/h3-6H,2H2,1H3,(H,10,11);1-2H3. The van der Waals surface area contributed by atoms with E-state index in [-0.39, 0.29) is 5.92 Å². The van der Waals surface area contributed by atoms with Crippen LogP contribution in [0.5, 0.6) is 0 Å². The lowest BCUT2D eigenvalue weighted by molar-refractivity contribution is -0.132. The zero-order chi connectivity index (χ0) is 10.4. The van der Waals surface area contributed by atoms with Crippen LogP contribution in [0.3, 0.4) is 0 Å². The van der Waals surface area contributed by atoms with Crippen molar-refractivity contribution in [3.05, 3.63) is 36.0 Å². The molecule has 1 atom stereocenters. The minimum absolute atomic E-state index is 0.262. The molecular weight excluding hydrogens is 164 g/mol. The lowest BCUT2D eigenvalue weighted by Crippen LogP contribution is -2.04. The molecule has 72 valence electrons. The fourth-order valence-electron chi connectivity index (χ4n) is 0.884. The molecular formula is C11H16O2. The summed E-state index contributed by atoms with van der Waals surface area (Å²) in [6, 6.07) is 0. The van der Waals surface area contributed by atoms with E-state index in [0.29, 0.717) is 5.57 Å². The van der Waals surface area contributed by atoms with Crippen LogP contribution in [0, 0.1) is 5.92 Å². The van der Waals surface area contributed by atoms with Crippen LogP contribution in [0.2, 0.25) is 0 Å². The Hall–Kier alpha value is -1.31. The van der Waals surface area contributed by atoms with Gasteiger partial charge in [-0.25, -0.2) is 4.79 Å². The third-order valence-corrected chi connectivity index (χ3v) is 1.74. The van der Waals surface area contributed by atoms with Gasteiger partial charge in [-0.05, 0) is 17.6 Å². The highest BCUT2D eigenvalue weighted by Gasteiger charge is 2.11. The molecule has 2 heteroatoms. The van der Waals surface area contributed by atoms with Gasteiger partial charge in [0.25, 0.3) is 0 Å². The maximum atomic E-state index is 10.4. The zero-order valence-corrected chi connectivity index (χ0v) is 8.37. The summed E-state index contributed by atoms with van der Waals surface area (Å²) in [5.74, 6) is -0.632. The largest absolute Gasteiger partial charge is 0.478 e. The molecule has 0 heterocycles. The second-order valence-electron chi connectivity index (χ2n) is 2.63. The Morgan fingerprint density at radius 1 is 1.54 bits per heavy atom. The van der Waals surface area contributed by atoms with Crippen molar-refractivity contribution in [2.75, 3.05) is 0 Å². The van der Waals surface area contributed by atoms with Gasteiger partial charge in [-0.2, -0.15) is 0 Å². The zero-order valence-electron chi connectivity index (χ0n) is 8.37. The molecule has 1 unspecified atom stereocenters. The summed E-state index contributed by atoms with van der Waals surface area (Å²) in [5, 5.41) is 8.58. The maximum Gasteiger partial charge on any atom is 0.335 e. The second kappa shape index (κ2) is 5.36. The number of carboxylic acids is 1. The number of carbonyl (C=O) groups is 1. The number of carboxylic acid groups (broad SMARTS) is 1. The van der Waals surface area contributed by atoms with E-state index < -0.39 is 5.97 Å². The first-order chi connectivity index (χ1) is 6.11. The molecule has 0 aliphatic heterocycles. The van der Waals surface area contributed by atoms with Gasteiger partial charge < -0.3 is 5.11 Å². The predicted octanol–water partition coefficient (Wildman–Crippen LogP) is 2.79. The quantitative estimate of drug-likeness (QED) is 0.673. The number of hydrogen-bond acceptors (Lipinski definition) is 1. The van der Waals surface area contributed by atoms with Gasteiger partial charge in [0.1, 0.15) is 0 Å². The molecule has 0 aromatic rings. The van der Waals surface area contributed by atoms with Crippen LogP contribution >= 0.6 is 0 Å². The Bertz CT molecular complexity index is 259. The smallest absolute Gasteiger partial charge is 0.335 e. The fourth-order valence-corrected chi connectivity index (χ4v) is 0.884. The van der Waals surface area contributed by atoms with Gasteiger partial charge in [0.15, 0.2) is 0 Å². The van der Waals surface area contributed by atoms with Crippen molar-refractivity contribution in [1.29, 1.82) is 0 Å².